The molecule has 0 aliphatic carbocycles. The van der Waals surface area contributed by atoms with Gasteiger partial charge in [0.15, 0.2) is 0 Å². The molecule has 0 heterocycles. The van der Waals surface area contributed by atoms with Crippen molar-refractivity contribution in [3.05, 3.63) is 144 Å². The number of carbonyl (C=O) groups excluding carboxylic acids is 3. The summed E-state index contributed by atoms with van der Waals surface area (Å²) in [6, 6.07) is 36.4. The van der Waals surface area contributed by atoms with Crippen molar-refractivity contribution < 1.29 is 19.1 Å². The predicted octanol–water partition coefficient (Wildman–Crippen LogP) is 5.99. The normalized spacial score (nSPS) is 11.7. The second kappa shape index (κ2) is 18.1. The molecular formula is C35H41ClN4O4. The van der Waals surface area contributed by atoms with E-state index >= 15 is 0 Å². The highest BCUT2D eigenvalue weighted by Gasteiger charge is 2.25. The molecular weight excluding hydrogens is 576 g/mol. The van der Waals surface area contributed by atoms with Gasteiger partial charge in [-0.25, -0.2) is 4.79 Å². The fourth-order valence-electron chi connectivity index (χ4n) is 3.96. The van der Waals surface area contributed by atoms with Gasteiger partial charge in [0.05, 0.1) is 0 Å². The Hall–Kier alpha value is -4.66. The molecule has 0 spiro atoms. The molecule has 4 aromatic rings. The smallest absolute Gasteiger partial charge is 0.408 e. The third kappa shape index (κ3) is 12.7. The SMILES string of the molecule is CC(C)(C)OC(=O)N[C@H](C(=O)NCc1ccccc1)c1ccccc1.Cl.N[C@H](C(=O)NCc1ccccc1)c1ccccc1. The van der Waals surface area contributed by atoms with Crippen molar-refractivity contribution in [2.75, 3.05) is 0 Å². The Morgan fingerprint density at radius 1 is 0.636 bits per heavy atom. The number of nitrogens with two attached hydrogens (primary N) is 1. The molecule has 0 saturated heterocycles. The summed E-state index contributed by atoms with van der Waals surface area (Å²) in [5, 5.41) is 8.34. The average Bonchev–Trinajstić information content (AvgIpc) is 3.02. The summed E-state index contributed by atoms with van der Waals surface area (Å²) in [4.78, 5) is 36.6. The lowest BCUT2D eigenvalue weighted by Crippen LogP contribution is -2.42. The number of hydrogen-bond acceptors (Lipinski definition) is 5. The first-order valence-electron chi connectivity index (χ1n) is 14.1. The Morgan fingerprint density at radius 3 is 1.45 bits per heavy atom. The maximum atomic E-state index is 12.6. The van der Waals surface area contributed by atoms with E-state index in [1.165, 1.54) is 0 Å². The van der Waals surface area contributed by atoms with Gasteiger partial charge in [-0.2, -0.15) is 0 Å². The Bertz CT molecular complexity index is 1420. The quantitative estimate of drug-likeness (QED) is 0.184. The highest BCUT2D eigenvalue weighted by Crippen LogP contribution is 2.15. The fraction of sp³-hybridized carbons (Fsp3) is 0.229. The van der Waals surface area contributed by atoms with E-state index in [-0.39, 0.29) is 24.2 Å². The molecule has 44 heavy (non-hydrogen) atoms. The van der Waals surface area contributed by atoms with Crippen LogP contribution in [-0.4, -0.2) is 23.5 Å². The number of rotatable bonds is 9. The molecule has 3 amide bonds. The number of alkyl carbamates (subject to hydrolysis) is 1. The lowest BCUT2D eigenvalue weighted by atomic mass is 10.1. The maximum Gasteiger partial charge on any atom is 0.408 e. The number of ether oxygens (including phenoxy) is 1. The van der Waals surface area contributed by atoms with Crippen molar-refractivity contribution in [2.24, 2.45) is 5.73 Å². The Labute approximate surface area is 265 Å². The van der Waals surface area contributed by atoms with Gasteiger partial charge in [-0.15, -0.1) is 12.4 Å². The molecule has 0 radical (unpaired) electrons. The predicted molar refractivity (Wildman–Crippen MR) is 176 cm³/mol. The van der Waals surface area contributed by atoms with Crippen LogP contribution in [0.15, 0.2) is 121 Å². The Balaban J connectivity index is 0.000000315. The average molecular weight is 617 g/mol. The van der Waals surface area contributed by atoms with Crippen LogP contribution >= 0.6 is 12.4 Å². The molecule has 4 rings (SSSR count). The fourth-order valence-corrected chi connectivity index (χ4v) is 3.96. The zero-order chi connectivity index (χ0) is 31.1. The van der Waals surface area contributed by atoms with Crippen molar-refractivity contribution in [1.29, 1.82) is 0 Å². The molecule has 0 aliphatic rings. The van der Waals surface area contributed by atoms with Gasteiger partial charge in [0.25, 0.3) is 0 Å². The Morgan fingerprint density at radius 2 is 1.02 bits per heavy atom. The topological polar surface area (TPSA) is 123 Å². The van der Waals surface area contributed by atoms with E-state index in [1.54, 1.807) is 32.9 Å². The van der Waals surface area contributed by atoms with Crippen molar-refractivity contribution in [3.63, 3.8) is 0 Å². The minimum Gasteiger partial charge on any atom is -0.444 e. The molecule has 0 saturated carbocycles. The molecule has 9 heteroatoms. The summed E-state index contributed by atoms with van der Waals surface area (Å²) >= 11 is 0. The molecule has 4 aromatic carbocycles. The highest BCUT2D eigenvalue weighted by atomic mass is 35.5. The minimum atomic E-state index is -0.820. The first kappa shape index (κ1) is 35.5. The van der Waals surface area contributed by atoms with Crippen LogP contribution in [0.4, 0.5) is 4.79 Å². The van der Waals surface area contributed by atoms with Gasteiger partial charge in [-0.05, 0) is 43.0 Å². The van der Waals surface area contributed by atoms with Gasteiger partial charge in [-0.3, -0.25) is 9.59 Å². The number of halogens is 1. The van der Waals surface area contributed by atoms with E-state index in [0.717, 1.165) is 16.7 Å². The number of hydrogen-bond donors (Lipinski definition) is 4. The van der Waals surface area contributed by atoms with Crippen LogP contribution in [0, 0.1) is 0 Å². The van der Waals surface area contributed by atoms with E-state index < -0.39 is 23.8 Å². The molecule has 5 N–H and O–H groups in total. The zero-order valence-corrected chi connectivity index (χ0v) is 26.1. The summed E-state index contributed by atoms with van der Waals surface area (Å²) in [5.41, 5.74) is 8.82. The van der Waals surface area contributed by atoms with E-state index in [2.05, 4.69) is 16.0 Å². The third-order valence-electron chi connectivity index (χ3n) is 6.12. The molecule has 2 atom stereocenters. The summed E-state index contributed by atoms with van der Waals surface area (Å²) in [6.07, 6.45) is -0.629. The number of nitrogens with one attached hydrogen (secondary N) is 3. The maximum absolute atomic E-state index is 12.6. The van der Waals surface area contributed by atoms with Gasteiger partial charge in [0.1, 0.15) is 17.7 Å². The van der Waals surface area contributed by atoms with Crippen molar-refractivity contribution >= 4 is 30.3 Å². The second-order valence-corrected chi connectivity index (χ2v) is 10.8. The van der Waals surface area contributed by atoms with Crippen LogP contribution in [0.25, 0.3) is 0 Å². The van der Waals surface area contributed by atoms with E-state index in [1.807, 2.05) is 109 Å². The van der Waals surface area contributed by atoms with Crippen LogP contribution in [0.3, 0.4) is 0 Å². The lowest BCUT2D eigenvalue weighted by Gasteiger charge is -2.23. The summed E-state index contributed by atoms with van der Waals surface area (Å²) in [7, 11) is 0. The summed E-state index contributed by atoms with van der Waals surface area (Å²) < 4.78 is 5.27. The van der Waals surface area contributed by atoms with Gasteiger partial charge < -0.3 is 26.4 Å². The van der Waals surface area contributed by atoms with Crippen LogP contribution < -0.4 is 21.7 Å². The monoisotopic (exact) mass is 616 g/mol. The zero-order valence-electron chi connectivity index (χ0n) is 25.2. The van der Waals surface area contributed by atoms with Gasteiger partial charge in [-0.1, -0.05) is 121 Å². The minimum absolute atomic E-state index is 0. The Kier molecular flexibility index (Phi) is 14.6. The molecule has 232 valence electrons. The van der Waals surface area contributed by atoms with Gasteiger partial charge in [0, 0.05) is 13.1 Å². The van der Waals surface area contributed by atoms with Crippen molar-refractivity contribution in [1.82, 2.24) is 16.0 Å². The number of amides is 3. The molecule has 0 fully saturated rings. The van der Waals surface area contributed by atoms with Crippen molar-refractivity contribution in [3.8, 4) is 0 Å². The standard InChI is InChI=1S/C20H24N2O3.C15H16N2O.ClH/c1-20(2,3)25-19(24)22-17(16-12-8-5-9-13-16)18(23)21-14-15-10-6-4-7-11-15;16-14(13-9-5-2-6-10-13)15(18)17-11-12-7-3-1-4-8-12;/h4-13,17H,14H2,1-3H3,(H,21,23)(H,22,24);1-10,14H,11,16H2,(H,17,18);1H/t17-;14-;/m00./s1. The number of benzene rings is 4. The number of carbonyl (C=O) groups is 3. The van der Waals surface area contributed by atoms with Gasteiger partial charge >= 0.3 is 6.09 Å². The van der Waals surface area contributed by atoms with E-state index in [4.69, 9.17) is 10.5 Å². The van der Waals surface area contributed by atoms with E-state index in [9.17, 15) is 14.4 Å². The van der Waals surface area contributed by atoms with Crippen LogP contribution in [0.5, 0.6) is 0 Å². The molecule has 0 aliphatic heterocycles. The van der Waals surface area contributed by atoms with Crippen LogP contribution in [-0.2, 0) is 27.4 Å². The highest BCUT2D eigenvalue weighted by molar-refractivity contribution is 5.87. The van der Waals surface area contributed by atoms with Gasteiger partial charge in [0.2, 0.25) is 11.8 Å². The van der Waals surface area contributed by atoms with Crippen molar-refractivity contribution in [2.45, 2.75) is 51.5 Å². The third-order valence-corrected chi connectivity index (χ3v) is 6.12. The second-order valence-electron chi connectivity index (χ2n) is 10.8. The molecule has 0 unspecified atom stereocenters. The van der Waals surface area contributed by atoms with E-state index in [0.29, 0.717) is 18.7 Å². The first-order chi connectivity index (χ1) is 20.6. The summed E-state index contributed by atoms with van der Waals surface area (Å²) in [6.45, 7) is 6.22. The van der Waals surface area contributed by atoms with Crippen LogP contribution in [0.2, 0.25) is 0 Å². The molecule has 8 nitrogen and oxygen atoms in total. The largest absolute Gasteiger partial charge is 0.444 e. The first-order valence-corrected chi connectivity index (χ1v) is 14.1. The summed E-state index contributed by atoms with van der Waals surface area (Å²) in [5.74, 6) is -0.453. The molecule has 0 aromatic heterocycles. The molecule has 0 bridgehead atoms. The lowest BCUT2D eigenvalue weighted by molar-refractivity contribution is -0.124. The van der Waals surface area contributed by atoms with Crippen LogP contribution in [0.1, 0.15) is 55.1 Å².